The molecule has 1 heterocycles. The molecule has 1 N–H and O–H groups in total. The molecule has 0 saturated carbocycles. The molecule has 1 aromatic carbocycles. The first kappa shape index (κ1) is 27.2. The van der Waals surface area contributed by atoms with Gasteiger partial charge in [0.05, 0.1) is 26.7 Å². The molecular weight excluding hydrogens is 440 g/mol. The van der Waals surface area contributed by atoms with Gasteiger partial charge in [0.2, 0.25) is 10.0 Å². The minimum Gasteiger partial charge on any atom is -0.365 e. The second-order valence-corrected chi connectivity index (χ2v) is 11.8. The van der Waals surface area contributed by atoms with Crippen LogP contribution in [0.25, 0.3) is 10.2 Å². The molecule has 0 radical (unpaired) electrons. The molecule has 0 aliphatic rings. The second kappa shape index (κ2) is 15.0. The van der Waals surface area contributed by atoms with Crippen LogP contribution in [0.2, 0.25) is 0 Å². The third-order valence-electron chi connectivity index (χ3n) is 5.91. The summed E-state index contributed by atoms with van der Waals surface area (Å²) in [5.74, 6) is 0.513. The number of rotatable bonds is 18. The first-order valence-electron chi connectivity index (χ1n) is 12.4. The Kier molecular flexibility index (Phi) is 12.8. The van der Waals surface area contributed by atoms with Gasteiger partial charge in [-0.05, 0) is 43.9 Å². The van der Waals surface area contributed by atoms with E-state index in [1.165, 1.54) is 88.4 Å². The molecule has 0 aliphatic heterocycles. The van der Waals surface area contributed by atoms with E-state index in [0.717, 1.165) is 15.2 Å². The number of ether oxygens (including phenoxy) is 1. The average molecular weight is 483 g/mol. The lowest BCUT2D eigenvalue weighted by atomic mass is 9.95. The van der Waals surface area contributed by atoms with Gasteiger partial charge in [0, 0.05) is 0 Å². The highest BCUT2D eigenvalue weighted by molar-refractivity contribution is 7.89. The van der Waals surface area contributed by atoms with Crippen LogP contribution in [0.3, 0.4) is 0 Å². The minimum atomic E-state index is -3.59. The molecule has 0 bridgehead atoms. The number of aromatic nitrogens is 1. The summed E-state index contributed by atoms with van der Waals surface area (Å²) in [6, 6.07) is 5.07. The number of aryl methyl sites for hydroxylation is 1. The van der Waals surface area contributed by atoms with Gasteiger partial charge in [-0.3, -0.25) is 0 Å². The van der Waals surface area contributed by atoms with Gasteiger partial charge in [0.15, 0.2) is 0 Å². The van der Waals surface area contributed by atoms with E-state index in [0.29, 0.717) is 12.5 Å². The number of hydrogen-bond acceptors (Lipinski definition) is 5. The van der Waals surface area contributed by atoms with E-state index in [1.807, 2.05) is 6.92 Å². The van der Waals surface area contributed by atoms with Crippen LogP contribution in [0, 0.1) is 12.8 Å². The van der Waals surface area contributed by atoms with Gasteiger partial charge in [-0.25, -0.2) is 13.4 Å². The third-order valence-corrected chi connectivity index (χ3v) is 8.22. The smallest absolute Gasteiger partial charge is 0.242 e. The molecular formula is C25H42N2O3S2. The van der Waals surface area contributed by atoms with Crippen molar-refractivity contribution >= 4 is 31.6 Å². The van der Waals surface area contributed by atoms with E-state index in [9.17, 15) is 8.42 Å². The van der Waals surface area contributed by atoms with Gasteiger partial charge in [-0.2, -0.15) is 4.72 Å². The van der Waals surface area contributed by atoms with Gasteiger partial charge in [-0.1, -0.05) is 78.1 Å². The van der Waals surface area contributed by atoms with Crippen LogP contribution in [0.1, 0.15) is 95.9 Å². The number of nitrogens with one attached hydrogen (secondary N) is 1. The highest BCUT2D eigenvalue weighted by Gasteiger charge is 2.16. The molecule has 182 valence electrons. The highest BCUT2D eigenvalue weighted by atomic mass is 32.2. The largest absolute Gasteiger partial charge is 0.365 e. The predicted octanol–water partition coefficient (Wildman–Crippen LogP) is 7.19. The van der Waals surface area contributed by atoms with Gasteiger partial charge >= 0.3 is 0 Å². The number of hydrogen-bond donors (Lipinski definition) is 1. The number of nitrogens with zero attached hydrogens (tertiary/aromatic N) is 1. The third kappa shape index (κ3) is 9.86. The zero-order valence-corrected chi connectivity index (χ0v) is 21.8. The first-order chi connectivity index (χ1) is 15.5. The molecule has 1 atom stereocenters. The number of fused-ring (bicyclic) bond motifs is 1. The first-order valence-corrected chi connectivity index (χ1v) is 14.7. The summed E-state index contributed by atoms with van der Waals surface area (Å²) in [4.78, 5) is 4.66. The summed E-state index contributed by atoms with van der Waals surface area (Å²) in [6.45, 7) is 7.04. The standard InChI is InChI=1S/C25H42N2O3S2/c1-4-6-8-10-11-13-15-22(14-12-9-7-5-2)19-30-20-26-32(28,29)23-16-17-24-25(18-23)31-21(3)27-24/h16-18,22,26H,4-15,19-20H2,1-3H3. The Balaban J connectivity index is 1.78. The normalized spacial score (nSPS) is 13.1. The number of unbranched alkanes of at least 4 members (excludes halogenated alkanes) is 8. The minimum absolute atomic E-state index is 0.0179. The molecule has 1 aromatic heterocycles. The van der Waals surface area contributed by atoms with Crippen molar-refractivity contribution in [2.75, 3.05) is 13.3 Å². The van der Waals surface area contributed by atoms with Gasteiger partial charge < -0.3 is 4.74 Å². The Morgan fingerprint density at radius 2 is 1.59 bits per heavy atom. The van der Waals surface area contributed by atoms with Gasteiger partial charge in [0.25, 0.3) is 0 Å². The summed E-state index contributed by atoms with van der Waals surface area (Å²) < 4.78 is 34.6. The van der Waals surface area contributed by atoms with Crippen molar-refractivity contribution in [3.05, 3.63) is 23.2 Å². The Labute approximate surface area is 199 Å². The fraction of sp³-hybridized carbons (Fsp3) is 0.720. The van der Waals surface area contributed by atoms with Crippen molar-refractivity contribution in [3.63, 3.8) is 0 Å². The zero-order valence-electron chi connectivity index (χ0n) is 20.2. The number of thiazole rings is 1. The fourth-order valence-electron chi connectivity index (χ4n) is 4.00. The summed E-state index contributed by atoms with van der Waals surface area (Å²) >= 11 is 1.50. The van der Waals surface area contributed by atoms with Crippen LogP contribution in [-0.4, -0.2) is 26.7 Å². The molecule has 2 rings (SSSR count). The lowest BCUT2D eigenvalue weighted by Gasteiger charge is -2.17. The van der Waals surface area contributed by atoms with Crippen molar-refractivity contribution in [3.8, 4) is 0 Å². The quantitative estimate of drug-likeness (QED) is 0.180. The molecule has 32 heavy (non-hydrogen) atoms. The van der Waals surface area contributed by atoms with Crippen molar-refractivity contribution < 1.29 is 13.2 Å². The topological polar surface area (TPSA) is 68.3 Å². The van der Waals surface area contributed by atoms with Gasteiger partial charge in [0.1, 0.15) is 6.73 Å². The van der Waals surface area contributed by atoms with Crippen LogP contribution in [0.15, 0.2) is 23.1 Å². The van der Waals surface area contributed by atoms with E-state index < -0.39 is 10.0 Å². The summed E-state index contributed by atoms with van der Waals surface area (Å²) in [7, 11) is -3.59. The van der Waals surface area contributed by atoms with Gasteiger partial charge in [-0.15, -0.1) is 11.3 Å². The van der Waals surface area contributed by atoms with E-state index in [-0.39, 0.29) is 11.6 Å². The van der Waals surface area contributed by atoms with Crippen LogP contribution in [-0.2, 0) is 14.8 Å². The summed E-state index contributed by atoms with van der Waals surface area (Å²) in [6.07, 6.45) is 15.2. The average Bonchev–Trinajstić information content (AvgIpc) is 3.15. The summed E-state index contributed by atoms with van der Waals surface area (Å²) in [5.41, 5.74) is 0.836. The van der Waals surface area contributed by atoms with E-state index in [2.05, 4.69) is 23.6 Å². The van der Waals surface area contributed by atoms with Crippen LogP contribution in [0.4, 0.5) is 0 Å². The van der Waals surface area contributed by atoms with Crippen molar-refractivity contribution in [2.24, 2.45) is 5.92 Å². The van der Waals surface area contributed by atoms with Crippen LogP contribution in [0.5, 0.6) is 0 Å². The SMILES string of the molecule is CCCCCCCCC(CCCCCC)COCNS(=O)(=O)c1ccc2nc(C)sc2c1. The maximum atomic E-state index is 12.7. The maximum absolute atomic E-state index is 12.7. The molecule has 0 fully saturated rings. The lowest BCUT2D eigenvalue weighted by Crippen LogP contribution is -2.27. The van der Waals surface area contributed by atoms with Crippen LogP contribution >= 0.6 is 11.3 Å². The number of sulfonamides is 1. The molecule has 5 nitrogen and oxygen atoms in total. The van der Waals surface area contributed by atoms with E-state index >= 15 is 0 Å². The molecule has 1 unspecified atom stereocenters. The maximum Gasteiger partial charge on any atom is 0.242 e. The zero-order chi connectivity index (χ0) is 23.2. The highest BCUT2D eigenvalue weighted by Crippen LogP contribution is 2.24. The Morgan fingerprint density at radius 3 is 2.28 bits per heavy atom. The molecule has 7 heteroatoms. The predicted molar refractivity (Wildman–Crippen MR) is 136 cm³/mol. The monoisotopic (exact) mass is 482 g/mol. The van der Waals surface area contributed by atoms with E-state index in [4.69, 9.17) is 4.74 Å². The van der Waals surface area contributed by atoms with Crippen molar-refractivity contribution in [2.45, 2.75) is 103 Å². The molecule has 0 saturated heterocycles. The molecule has 0 aliphatic carbocycles. The van der Waals surface area contributed by atoms with Crippen LogP contribution < -0.4 is 4.72 Å². The van der Waals surface area contributed by atoms with Crippen molar-refractivity contribution in [1.29, 1.82) is 0 Å². The Hall–Kier alpha value is -1.02. The van der Waals surface area contributed by atoms with Crippen molar-refractivity contribution in [1.82, 2.24) is 9.71 Å². The lowest BCUT2D eigenvalue weighted by molar-refractivity contribution is 0.0883. The summed E-state index contributed by atoms with van der Waals surface area (Å²) in [5, 5.41) is 0.932. The Morgan fingerprint density at radius 1 is 0.969 bits per heavy atom. The molecule has 0 amide bonds. The molecule has 2 aromatic rings. The fourth-order valence-corrected chi connectivity index (χ4v) is 5.87. The van der Waals surface area contributed by atoms with E-state index in [1.54, 1.807) is 18.2 Å². The molecule has 0 spiro atoms. The Bertz CT molecular complexity index is 880. The number of benzene rings is 1. The second-order valence-electron chi connectivity index (χ2n) is 8.80.